The molecule has 1 aliphatic heterocycles. The first-order chi connectivity index (χ1) is 10.5. The Balaban J connectivity index is 1.75. The second kappa shape index (κ2) is 6.19. The van der Waals surface area contributed by atoms with E-state index in [4.69, 9.17) is 9.47 Å². The largest absolute Gasteiger partial charge is 0.373 e. The maximum absolute atomic E-state index is 13.7. The summed E-state index contributed by atoms with van der Waals surface area (Å²) in [7, 11) is -4.26. The molecule has 0 radical (unpaired) electrons. The number of hydrogen-bond donors (Lipinski definition) is 1. The summed E-state index contributed by atoms with van der Waals surface area (Å²) >= 11 is 0. The quantitative estimate of drug-likeness (QED) is 0.912. The first kappa shape index (κ1) is 15.8. The van der Waals surface area contributed by atoms with Crippen LogP contribution in [0.15, 0.2) is 23.1 Å². The smallest absolute Gasteiger partial charge is 0.246 e. The summed E-state index contributed by atoms with van der Waals surface area (Å²) in [5.41, 5.74) is 0. The molecule has 2 aliphatic rings. The van der Waals surface area contributed by atoms with Gasteiger partial charge in [-0.15, -0.1) is 0 Å². The van der Waals surface area contributed by atoms with Gasteiger partial charge in [0.15, 0.2) is 4.90 Å². The van der Waals surface area contributed by atoms with Crippen molar-refractivity contribution in [1.82, 2.24) is 4.72 Å². The van der Waals surface area contributed by atoms with Crippen LogP contribution in [0.2, 0.25) is 0 Å². The molecule has 3 atom stereocenters. The van der Waals surface area contributed by atoms with Crippen LogP contribution in [-0.4, -0.2) is 39.9 Å². The third kappa shape index (κ3) is 3.15. The zero-order valence-electron chi connectivity index (χ0n) is 11.8. The zero-order chi connectivity index (χ0) is 15.7. The van der Waals surface area contributed by atoms with Crippen molar-refractivity contribution in [3.63, 3.8) is 0 Å². The maximum atomic E-state index is 13.7. The number of fused-ring (bicyclic) bond motifs is 1. The lowest BCUT2D eigenvalue weighted by molar-refractivity contribution is -0.156. The summed E-state index contributed by atoms with van der Waals surface area (Å²) in [6.45, 7) is 1.01. The lowest BCUT2D eigenvalue weighted by atomic mass is 9.90. The Labute approximate surface area is 127 Å². The third-order valence-corrected chi connectivity index (χ3v) is 5.56. The Morgan fingerprint density at radius 3 is 2.36 bits per heavy atom. The van der Waals surface area contributed by atoms with Crippen molar-refractivity contribution in [2.24, 2.45) is 0 Å². The van der Waals surface area contributed by atoms with Gasteiger partial charge in [-0.3, -0.25) is 0 Å². The van der Waals surface area contributed by atoms with Crippen LogP contribution in [-0.2, 0) is 19.5 Å². The van der Waals surface area contributed by atoms with Crippen LogP contribution in [0.1, 0.15) is 19.3 Å². The molecule has 1 saturated heterocycles. The molecular formula is C14H17F2NO4S. The van der Waals surface area contributed by atoms with Gasteiger partial charge in [0.1, 0.15) is 11.6 Å². The maximum Gasteiger partial charge on any atom is 0.246 e. The molecule has 3 rings (SSSR count). The average molecular weight is 333 g/mol. The second-order valence-corrected chi connectivity index (χ2v) is 7.15. The third-order valence-electron chi connectivity index (χ3n) is 3.99. The van der Waals surface area contributed by atoms with Crippen LogP contribution in [0.5, 0.6) is 0 Å². The second-order valence-electron chi connectivity index (χ2n) is 5.50. The van der Waals surface area contributed by atoms with Gasteiger partial charge in [0.2, 0.25) is 10.0 Å². The summed E-state index contributed by atoms with van der Waals surface area (Å²) in [6, 6.07) is 2.55. The molecule has 2 fully saturated rings. The normalized spacial score (nSPS) is 29.1. The highest BCUT2D eigenvalue weighted by molar-refractivity contribution is 7.89. The molecule has 22 heavy (non-hydrogen) atoms. The van der Waals surface area contributed by atoms with E-state index in [0.29, 0.717) is 32.5 Å². The van der Waals surface area contributed by atoms with E-state index in [9.17, 15) is 17.2 Å². The molecule has 0 spiro atoms. The number of nitrogens with one attached hydrogen (secondary N) is 1. The summed E-state index contributed by atoms with van der Waals surface area (Å²) in [6.07, 6.45) is 1.41. The van der Waals surface area contributed by atoms with E-state index in [-0.39, 0.29) is 12.2 Å². The molecular weight excluding hydrogens is 316 g/mol. The van der Waals surface area contributed by atoms with E-state index in [1.807, 2.05) is 0 Å². The summed E-state index contributed by atoms with van der Waals surface area (Å²) in [5.74, 6) is -2.20. The van der Waals surface area contributed by atoms with Crippen LogP contribution in [0.4, 0.5) is 8.78 Å². The molecule has 1 aromatic rings. The van der Waals surface area contributed by atoms with Gasteiger partial charge in [-0.2, -0.15) is 0 Å². The van der Waals surface area contributed by atoms with Crippen molar-refractivity contribution >= 4 is 10.0 Å². The van der Waals surface area contributed by atoms with Gasteiger partial charge in [-0.25, -0.2) is 21.9 Å². The molecule has 3 unspecified atom stereocenters. The summed E-state index contributed by atoms with van der Waals surface area (Å²) in [4.78, 5) is -0.932. The minimum Gasteiger partial charge on any atom is -0.373 e. The number of halogens is 2. The van der Waals surface area contributed by atoms with Crippen LogP contribution in [0.3, 0.4) is 0 Å². The number of hydrogen-bond acceptors (Lipinski definition) is 4. The van der Waals surface area contributed by atoms with E-state index in [1.165, 1.54) is 0 Å². The molecule has 122 valence electrons. The molecule has 0 aromatic heterocycles. The molecule has 1 aliphatic carbocycles. The van der Waals surface area contributed by atoms with E-state index in [0.717, 1.165) is 18.2 Å². The summed E-state index contributed by atoms with van der Waals surface area (Å²) < 4.78 is 65.3. The van der Waals surface area contributed by atoms with Gasteiger partial charge in [-0.05, 0) is 31.4 Å². The number of sulfonamides is 1. The Kier molecular flexibility index (Phi) is 4.44. The van der Waals surface area contributed by atoms with Gasteiger partial charge in [0.25, 0.3) is 0 Å². The van der Waals surface area contributed by atoms with Crippen molar-refractivity contribution < 1.29 is 26.7 Å². The fraction of sp³-hybridized carbons (Fsp3) is 0.571. The average Bonchev–Trinajstić information content (AvgIpc) is 2.46. The van der Waals surface area contributed by atoms with Crippen molar-refractivity contribution in [2.75, 3.05) is 13.2 Å². The van der Waals surface area contributed by atoms with Crippen LogP contribution in [0.25, 0.3) is 0 Å². The standard InChI is InChI=1S/C14H17F2NO4S/c15-10-2-1-3-11(16)14(10)22(18,19)17-9-4-5-12-13(8-9)21-7-6-20-12/h1-3,9,12-13,17H,4-8H2. The SMILES string of the molecule is O=S(=O)(NC1CCC2OCCOC2C1)c1c(F)cccc1F. The highest BCUT2D eigenvalue weighted by Gasteiger charge is 2.36. The Bertz CT molecular complexity index is 632. The van der Waals surface area contributed by atoms with Crippen molar-refractivity contribution in [2.45, 2.75) is 42.4 Å². The van der Waals surface area contributed by atoms with E-state index < -0.39 is 32.6 Å². The van der Waals surface area contributed by atoms with Crippen LogP contribution < -0.4 is 4.72 Å². The van der Waals surface area contributed by atoms with E-state index >= 15 is 0 Å². The Hall–Kier alpha value is -1.09. The molecule has 1 heterocycles. The molecule has 1 N–H and O–H groups in total. The van der Waals surface area contributed by atoms with E-state index in [1.54, 1.807) is 0 Å². The molecule has 1 aromatic carbocycles. The van der Waals surface area contributed by atoms with Gasteiger partial charge in [0.05, 0.1) is 25.4 Å². The Morgan fingerprint density at radius 2 is 1.68 bits per heavy atom. The number of ether oxygens (including phenoxy) is 2. The minimum atomic E-state index is -4.26. The number of rotatable bonds is 3. The first-order valence-corrected chi connectivity index (χ1v) is 8.65. The molecule has 1 saturated carbocycles. The molecule has 0 amide bonds. The Morgan fingerprint density at radius 1 is 1.05 bits per heavy atom. The first-order valence-electron chi connectivity index (χ1n) is 7.17. The highest BCUT2D eigenvalue weighted by Crippen LogP contribution is 2.28. The van der Waals surface area contributed by atoms with Gasteiger partial charge in [-0.1, -0.05) is 6.07 Å². The summed E-state index contributed by atoms with van der Waals surface area (Å²) in [5, 5.41) is 0. The molecule has 0 bridgehead atoms. The molecule has 8 heteroatoms. The van der Waals surface area contributed by atoms with E-state index in [2.05, 4.69) is 4.72 Å². The minimum absolute atomic E-state index is 0.0281. The van der Waals surface area contributed by atoms with Gasteiger partial charge < -0.3 is 9.47 Å². The topological polar surface area (TPSA) is 64.6 Å². The monoisotopic (exact) mass is 333 g/mol. The molecule has 5 nitrogen and oxygen atoms in total. The van der Waals surface area contributed by atoms with Crippen molar-refractivity contribution in [3.8, 4) is 0 Å². The van der Waals surface area contributed by atoms with Crippen LogP contribution >= 0.6 is 0 Å². The van der Waals surface area contributed by atoms with Gasteiger partial charge in [0, 0.05) is 6.04 Å². The number of benzene rings is 1. The lowest BCUT2D eigenvalue weighted by Gasteiger charge is -2.38. The van der Waals surface area contributed by atoms with Crippen molar-refractivity contribution in [1.29, 1.82) is 0 Å². The van der Waals surface area contributed by atoms with Crippen molar-refractivity contribution in [3.05, 3.63) is 29.8 Å². The zero-order valence-corrected chi connectivity index (χ0v) is 12.6. The highest BCUT2D eigenvalue weighted by atomic mass is 32.2. The van der Waals surface area contributed by atoms with Gasteiger partial charge >= 0.3 is 0 Å². The fourth-order valence-electron chi connectivity index (χ4n) is 2.99. The predicted octanol–water partition coefficient (Wildman–Crippen LogP) is 1.58. The van der Waals surface area contributed by atoms with Crippen LogP contribution in [0, 0.1) is 11.6 Å². The lowest BCUT2D eigenvalue weighted by Crippen LogP contribution is -2.49. The predicted molar refractivity (Wildman–Crippen MR) is 73.8 cm³/mol. The fourth-order valence-corrected chi connectivity index (χ4v) is 4.41.